The van der Waals surface area contributed by atoms with Gasteiger partial charge in [0.1, 0.15) is 6.61 Å². The Morgan fingerprint density at radius 1 is 1.14 bits per heavy atom. The molecule has 0 radical (unpaired) electrons. The number of nitrogens with zero attached hydrogens (tertiary/aromatic N) is 1. The second-order valence-corrected chi connectivity index (χ2v) is 10.00. The minimum Gasteiger partial charge on any atom is -0.490 e. The summed E-state index contributed by atoms with van der Waals surface area (Å²) >= 11 is 5.02. The van der Waals surface area contributed by atoms with E-state index in [1.54, 1.807) is 6.07 Å². The number of nitriles is 1. The van der Waals surface area contributed by atoms with E-state index in [9.17, 15) is 10.1 Å². The van der Waals surface area contributed by atoms with Gasteiger partial charge in [-0.3, -0.25) is 4.79 Å². The summed E-state index contributed by atoms with van der Waals surface area (Å²) in [5, 5.41) is 15.7. The number of rotatable bonds is 9. The van der Waals surface area contributed by atoms with Crippen molar-refractivity contribution in [3.8, 4) is 17.6 Å². The predicted molar refractivity (Wildman–Crippen MR) is 148 cm³/mol. The van der Waals surface area contributed by atoms with Crippen LogP contribution in [0.4, 0.5) is 5.69 Å². The average molecular weight is 565 g/mol. The molecule has 3 aromatic rings. The standard InChI is InChI=1S/C28H26BrN3O3S/c1-3-18-9-11-22(12-10-18)31-28-32-27(33)25(36-28)15-19-13-23(29)26(24(14-19)34-4-2)35-17-21-8-6-5-7-20(21)16-30/h5-15,28,31H,3-4,17H2,1-2H3,(H,32,33)/b25-15-/t28-/m1/s1. The van der Waals surface area contributed by atoms with Gasteiger partial charge in [0.25, 0.3) is 5.91 Å². The molecule has 0 aromatic heterocycles. The molecule has 0 spiro atoms. The molecule has 0 saturated carbocycles. The summed E-state index contributed by atoms with van der Waals surface area (Å²) < 4.78 is 12.6. The van der Waals surface area contributed by atoms with Crippen LogP contribution in [0.1, 0.15) is 36.1 Å². The zero-order valence-electron chi connectivity index (χ0n) is 20.0. The summed E-state index contributed by atoms with van der Waals surface area (Å²) in [6.07, 6.45) is 2.82. The van der Waals surface area contributed by atoms with Crippen molar-refractivity contribution in [3.63, 3.8) is 0 Å². The van der Waals surface area contributed by atoms with Crippen molar-refractivity contribution in [2.75, 3.05) is 11.9 Å². The van der Waals surface area contributed by atoms with Crippen molar-refractivity contribution in [2.45, 2.75) is 32.4 Å². The third kappa shape index (κ3) is 6.23. The van der Waals surface area contributed by atoms with Gasteiger partial charge in [0, 0.05) is 11.3 Å². The summed E-state index contributed by atoms with van der Waals surface area (Å²) in [4.78, 5) is 13.2. The average Bonchev–Trinajstić information content (AvgIpc) is 3.22. The molecule has 0 bridgehead atoms. The van der Waals surface area contributed by atoms with Crippen molar-refractivity contribution in [1.29, 1.82) is 5.26 Å². The molecule has 184 valence electrons. The summed E-state index contributed by atoms with van der Waals surface area (Å²) in [6.45, 7) is 4.70. The fourth-order valence-corrected chi connectivity index (χ4v) is 5.24. The van der Waals surface area contributed by atoms with Gasteiger partial charge >= 0.3 is 0 Å². The van der Waals surface area contributed by atoms with Crippen LogP contribution in [-0.2, 0) is 17.8 Å². The molecule has 0 unspecified atom stereocenters. The van der Waals surface area contributed by atoms with Crippen LogP contribution in [-0.4, -0.2) is 18.0 Å². The van der Waals surface area contributed by atoms with Crippen molar-refractivity contribution < 1.29 is 14.3 Å². The molecule has 3 aromatic carbocycles. The summed E-state index contributed by atoms with van der Waals surface area (Å²) in [7, 11) is 0. The molecule has 1 aliphatic heterocycles. The van der Waals surface area contributed by atoms with E-state index in [2.05, 4.69) is 51.7 Å². The van der Waals surface area contributed by atoms with E-state index in [1.165, 1.54) is 17.3 Å². The summed E-state index contributed by atoms with van der Waals surface area (Å²) in [5.41, 5.74) is 4.13. The Morgan fingerprint density at radius 2 is 1.92 bits per heavy atom. The first-order valence-corrected chi connectivity index (χ1v) is 13.3. The molecule has 1 fully saturated rings. The molecule has 1 aliphatic rings. The van der Waals surface area contributed by atoms with Gasteiger partial charge in [-0.05, 0) is 76.8 Å². The van der Waals surface area contributed by atoms with Crippen molar-refractivity contribution >= 4 is 45.4 Å². The maximum atomic E-state index is 12.6. The van der Waals surface area contributed by atoms with Gasteiger partial charge in [0.15, 0.2) is 17.0 Å². The topological polar surface area (TPSA) is 83.4 Å². The van der Waals surface area contributed by atoms with Gasteiger partial charge in [-0.15, -0.1) is 0 Å². The van der Waals surface area contributed by atoms with Crippen molar-refractivity contribution in [3.05, 3.63) is 92.3 Å². The number of hydrogen-bond acceptors (Lipinski definition) is 6. The second kappa shape index (κ2) is 12.0. The van der Waals surface area contributed by atoms with Crippen molar-refractivity contribution in [1.82, 2.24) is 5.32 Å². The molecular formula is C28H26BrN3O3S. The van der Waals surface area contributed by atoms with E-state index < -0.39 is 0 Å². The highest BCUT2D eigenvalue weighted by molar-refractivity contribution is 9.10. The Morgan fingerprint density at radius 3 is 2.64 bits per heavy atom. The van der Waals surface area contributed by atoms with E-state index in [1.807, 2.05) is 55.5 Å². The molecule has 0 aliphatic carbocycles. The van der Waals surface area contributed by atoms with Crippen LogP contribution in [0.2, 0.25) is 0 Å². The SMILES string of the molecule is CCOc1cc(/C=C2\S[C@H](Nc3ccc(CC)cc3)NC2=O)cc(Br)c1OCc1ccccc1C#N. The fraction of sp³-hybridized carbons (Fsp3) is 0.214. The van der Waals surface area contributed by atoms with Crippen LogP contribution in [0.25, 0.3) is 6.08 Å². The molecule has 1 amide bonds. The van der Waals surface area contributed by atoms with Gasteiger partial charge in [-0.1, -0.05) is 49.0 Å². The van der Waals surface area contributed by atoms with E-state index in [0.717, 1.165) is 23.2 Å². The van der Waals surface area contributed by atoms with Crippen molar-refractivity contribution in [2.24, 2.45) is 0 Å². The zero-order chi connectivity index (χ0) is 25.5. The molecule has 2 N–H and O–H groups in total. The van der Waals surface area contributed by atoms with Crippen LogP contribution < -0.4 is 20.1 Å². The number of ether oxygens (including phenoxy) is 2. The number of carbonyl (C=O) groups is 1. The molecule has 1 saturated heterocycles. The highest BCUT2D eigenvalue weighted by atomic mass is 79.9. The first-order chi connectivity index (χ1) is 17.5. The lowest BCUT2D eigenvalue weighted by atomic mass is 10.1. The molecule has 6 nitrogen and oxygen atoms in total. The number of amides is 1. The zero-order valence-corrected chi connectivity index (χ0v) is 22.4. The van der Waals surface area contributed by atoms with Gasteiger partial charge in [0.2, 0.25) is 0 Å². The van der Waals surface area contributed by atoms with Crippen LogP contribution in [0.15, 0.2) is 70.0 Å². The third-order valence-electron chi connectivity index (χ3n) is 5.53. The Labute approximate surface area is 223 Å². The number of carbonyl (C=O) groups excluding carboxylic acids is 1. The Bertz CT molecular complexity index is 1320. The van der Waals surface area contributed by atoms with Gasteiger partial charge in [-0.25, -0.2) is 0 Å². The summed E-state index contributed by atoms with van der Waals surface area (Å²) in [5.74, 6) is 0.970. The Hall–Kier alpha value is -3.41. The number of halogens is 1. The van der Waals surface area contributed by atoms with Crippen LogP contribution >= 0.6 is 27.7 Å². The molecular weight excluding hydrogens is 538 g/mol. The largest absolute Gasteiger partial charge is 0.490 e. The van der Waals surface area contributed by atoms with Crippen LogP contribution in [0.5, 0.6) is 11.5 Å². The minimum atomic E-state index is -0.256. The Kier molecular flexibility index (Phi) is 8.57. The second-order valence-electron chi connectivity index (χ2n) is 8.00. The maximum Gasteiger partial charge on any atom is 0.260 e. The van der Waals surface area contributed by atoms with E-state index >= 15 is 0 Å². The maximum absolute atomic E-state index is 12.6. The molecule has 1 heterocycles. The number of aryl methyl sites for hydroxylation is 1. The Balaban J connectivity index is 1.51. The minimum absolute atomic E-state index is 0.134. The van der Waals surface area contributed by atoms with E-state index in [-0.39, 0.29) is 18.0 Å². The predicted octanol–water partition coefficient (Wildman–Crippen LogP) is 6.46. The normalized spacial score (nSPS) is 15.9. The highest BCUT2D eigenvalue weighted by Crippen LogP contribution is 2.39. The van der Waals surface area contributed by atoms with E-state index in [0.29, 0.717) is 33.0 Å². The lowest BCUT2D eigenvalue weighted by molar-refractivity contribution is -0.116. The molecule has 36 heavy (non-hydrogen) atoms. The van der Waals surface area contributed by atoms with Crippen LogP contribution in [0.3, 0.4) is 0 Å². The molecule has 8 heteroatoms. The highest BCUT2D eigenvalue weighted by Gasteiger charge is 2.27. The quantitative estimate of drug-likeness (QED) is 0.290. The van der Waals surface area contributed by atoms with Gasteiger partial charge in [-0.2, -0.15) is 5.26 Å². The number of nitrogens with one attached hydrogen (secondary N) is 2. The molecule has 4 rings (SSSR count). The molecule has 1 atom stereocenters. The third-order valence-corrected chi connectivity index (χ3v) is 7.15. The lowest BCUT2D eigenvalue weighted by Gasteiger charge is -2.15. The van der Waals surface area contributed by atoms with Gasteiger partial charge < -0.3 is 20.1 Å². The van der Waals surface area contributed by atoms with Crippen LogP contribution in [0, 0.1) is 11.3 Å². The van der Waals surface area contributed by atoms with Gasteiger partial charge in [0.05, 0.1) is 27.6 Å². The summed E-state index contributed by atoms with van der Waals surface area (Å²) in [6, 6.07) is 21.5. The fourth-order valence-electron chi connectivity index (χ4n) is 3.68. The number of thioether (sulfide) groups is 1. The number of anilines is 1. The smallest absolute Gasteiger partial charge is 0.260 e. The number of benzene rings is 3. The first kappa shape index (κ1) is 25.7. The lowest BCUT2D eigenvalue weighted by Crippen LogP contribution is -2.30. The monoisotopic (exact) mass is 563 g/mol. The first-order valence-electron chi connectivity index (χ1n) is 11.6. The number of hydrogen-bond donors (Lipinski definition) is 2. The van der Waals surface area contributed by atoms with E-state index in [4.69, 9.17) is 9.47 Å².